The van der Waals surface area contributed by atoms with Crippen molar-refractivity contribution in [2.75, 3.05) is 0 Å². The minimum absolute atomic E-state index is 0. The van der Waals surface area contributed by atoms with Crippen LogP contribution < -0.4 is 10.2 Å². The Morgan fingerprint density at radius 2 is 0.737 bits per heavy atom. The summed E-state index contributed by atoms with van der Waals surface area (Å²) in [5.74, 6) is 0.117. The average Bonchev–Trinajstić information content (AvgIpc) is 2.82. The van der Waals surface area contributed by atoms with Gasteiger partial charge in [-0.05, 0) is 25.7 Å². The van der Waals surface area contributed by atoms with Crippen molar-refractivity contribution in [3.63, 3.8) is 0 Å². The van der Waals surface area contributed by atoms with Crippen molar-refractivity contribution in [3.8, 4) is 0 Å². The van der Waals surface area contributed by atoms with Gasteiger partial charge < -0.3 is 19.8 Å². The predicted molar refractivity (Wildman–Crippen MR) is 164 cm³/mol. The number of carboxylic acid groups (broad SMARTS) is 2. The Kier molecular flexibility index (Phi) is 47.5. The molecule has 0 saturated heterocycles. The molecule has 0 amide bonds. The van der Waals surface area contributed by atoms with Gasteiger partial charge in [-0.2, -0.15) is 0 Å². The monoisotopic (exact) mass is 752 g/mol. The smallest absolute Gasteiger partial charge is 0.550 e. The molecule has 0 unspecified atom stereocenters. The SMILES string of the molecule is CC(C)[CH2][Sn+2][CH2]C(C)C.CCCCCCCCCCCC(=O)[O-].CCCCCCCCCCCC(=O)[O-].[Sn+4]. The Morgan fingerprint density at radius 3 is 0.947 bits per heavy atom. The van der Waals surface area contributed by atoms with Crippen molar-refractivity contribution in [2.24, 2.45) is 11.8 Å². The van der Waals surface area contributed by atoms with E-state index < -0.39 is 11.9 Å². The molecule has 0 aliphatic rings. The third kappa shape index (κ3) is 56.7. The van der Waals surface area contributed by atoms with Crippen LogP contribution in [0.4, 0.5) is 0 Å². The molecule has 0 N–H and O–H groups in total. The minimum Gasteiger partial charge on any atom is -0.550 e. The zero-order valence-electron chi connectivity index (χ0n) is 26.3. The van der Waals surface area contributed by atoms with Crippen molar-refractivity contribution in [1.29, 1.82) is 0 Å². The number of rotatable bonds is 24. The van der Waals surface area contributed by atoms with Gasteiger partial charge in [0.15, 0.2) is 0 Å². The van der Waals surface area contributed by atoms with Gasteiger partial charge in [0.05, 0.1) is 0 Å². The quantitative estimate of drug-likeness (QED) is 0.0747. The molecule has 0 heterocycles. The Bertz CT molecular complexity index is 417. The van der Waals surface area contributed by atoms with Crippen LogP contribution in [0.1, 0.15) is 170 Å². The molecule has 0 rings (SSSR count). The van der Waals surface area contributed by atoms with Gasteiger partial charge in [0.25, 0.3) is 0 Å². The largest absolute Gasteiger partial charge is 4.00 e. The molecule has 6 heteroatoms. The predicted octanol–water partition coefficient (Wildman–Crippen LogP) is 7.77. The van der Waals surface area contributed by atoms with Crippen LogP contribution in [0.2, 0.25) is 8.87 Å². The number of carbonyl (C=O) groups excluding carboxylic acids is 2. The van der Waals surface area contributed by atoms with Gasteiger partial charge in [0, 0.05) is 11.9 Å². The van der Waals surface area contributed by atoms with E-state index in [0.29, 0.717) is 0 Å². The van der Waals surface area contributed by atoms with Crippen molar-refractivity contribution in [2.45, 2.75) is 179 Å². The maximum Gasteiger partial charge on any atom is 4.00 e. The first kappa shape index (κ1) is 45.5. The van der Waals surface area contributed by atoms with E-state index in [1.165, 1.54) is 89.9 Å². The minimum atomic E-state index is -0.909. The Labute approximate surface area is 265 Å². The van der Waals surface area contributed by atoms with E-state index >= 15 is 0 Å². The molecule has 4 nitrogen and oxygen atoms in total. The molecule has 0 aliphatic heterocycles. The fourth-order valence-electron chi connectivity index (χ4n) is 3.82. The molecule has 0 aromatic rings. The summed E-state index contributed by atoms with van der Waals surface area (Å²) in [7, 11) is 0. The van der Waals surface area contributed by atoms with Crippen LogP contribution in [0.3, 0.4) is 0 Å². The number of carboxylic acids is 2. The summed E-state index contributed by atoms with van der Waals surface area (Å²) in [4.78, 5) is 20.2. The second kappa shape index (κ2) is 39.7. The number of aliphatic carboxylic acids is 2. The van der Waals surface area contributed by atoms with Crippen LogP contribution in [0.15, 0.2) is 0 Å². The third-order valence-corrected chi connectivity index (χ3v) is 12.4. The van der Waals surface area contributed by atoms with Gasteiger partial charge in [0.2, 0.25) is 0 Å². The van der Waals surface area contributed by atoms with Gasteiger partial charge in [-0.3, -0.25) is 0 Å². The normalized spacial score (nSPS) is 10.1. The maximum absolute atomic E-state index is 10.1. The van der Waals surface area contributed by atoms with Gasteiger partial charge >= 0.3 is 93.5 Å². The summed E-state index contributed by atoms with van der Waals surface area (Å²) >= 11 is 0.0709. The topological polar surface area (TPSA) is 80.3 Å². The fraction of sp³-hybridized carbons (Fsp3) is 0.938. The van der Waals surface area contributed by atoms with E-state index in [1.54, 1.807) is 8.87 Å². The first-order chi connectivity index (χ1) is 17.7. The second-order valence-electron chi connectivity index (χ2n) is 11.3. The summed E-state index contributed by atoms with van der Waals surface area (Å²) in [6, 6.07) is 0. The first-order valence-corrected chi connectivity index (χ1v) is 19.8. The summed E-state index contributed by atoms with van der Waals surface area (Å²) < 4.78 is 3.14. The van der Waals surface area contributed by atoms with Crippen molar-refractivity contribution in [1.82, 2.24) is 0 Å². The van der Waals surface area contributed by atoms with E-state index in [0.717, 1.165) is 37.5 Å². The number of hydrogen-bond acceptors (Lipinski definition) is 4. The first-order valence-electron chi connectivity index (χ1n) is 15.8. The van der Waals surface area contributed by atoms with Crippen LogP contribution in [0, 0.1) is 11.8 Å². The summed E-state index contributed by atoms with van der Waals surface area (Å²) in [5, 5.41) is 20.2. The molecule has 0 bridgehead atoms. The molecule has 0 aliphatic carbocycles. The number of unbranched alkanes of at least 4 members (excludes halogenated alkanes) is 16. The molecule has 0 aromatic heterocycles. The van der Waals surface area contributed by atoms with E-state index in [4.69, 9.17) is 0 Å². The van der Waals surface area contributed by atoms with Crippen molar-refractivity contribution >= 4 is 57.0 Å². The summed E-state index contributed by atoms with van der Waals surface area (Å²) in [5.41, 5.74) is 0. The Morgan fingerprint density at radius 1 is 0.500 bits per heavy atom. The van der Waals surface area contributed by atoms with Crippen molar-refractivity contribution < 1.29 is 19.8 Å². The second-order valence-corrected chi connectivity index (χ2v) is 15.1. The fourth-order valence-corrected chi connectivity index (χ4v) is 7.59. The van der Waals surface area contributed by atoms with Crippen LogP contribution in [0.5, 0.6) is 0 Å². The van der Waals surface area contributed by atoms with Crippen LogP contribution in [-0.2, 0) is 9.59 Å². The molecule has 0 aromatic carbocycles. The van der Waals surface area contributed by atoms with E-state index in [9.17, 15) is 19.8 Å². The average molecular weight is 750 g/mol. The van der Waals surface area contributed by atoms with Crippen LogP contribution in [0.25, 0.3) is 0 Å². The number of carbonyl (C=O) groups is 2. The molecule has 0 atom stereocenters. The molecule has 38 heavy (non-hydrogen) atoms. The Balaban J connectivity index is -0.000000231. The maximum atomic E-state index is 10.1. The summed E-state index contributed by atoms with van der Waals surface area (Å²) in [6.45, 7) is 13.8. The molecule has 220 valence electrons. The van der Waals surface area contributed by atoms with Gasteiger partial charge in [0.1, 0.15) is 0 Å². The van der Waals surface area contributed by atoms with Gasteiger partial charge in [-0.15, -0.1) is 0 Å². The molecule has 0 radical (unpaired) electrons. The van der Waals surface area contributed by atoms with Gasteiger partial charge in [-0.25, -0.2) is 0 Å². The zero-order chi connectivity index (χ0) is 28.6. The standard InChI is InChI=1S/2C12H24O2.2C4H9.2Sn/c2*1-2-3-4-5-6-7-8-9-10-11-12(13)14;2*1-4(2)3;;/h2*2-11H2,1H3,(H,13,14);2*4H,1H2,2-3H3;;/q;;;;+2;+4/p-2. The molecular weight excluding hydrogens is 686 g/mol. The molecule has 0 fully saturated rings. The van der Waals surface area contributed by atoms with E-state index in [1.807, 2.05) is 0 Å². The molecule has 0 saturated carbocycles. The zero-order valence-corrected chi connectivity index (χ0v) is 32.1. The molecule has 0 spiro atoms. The third-order valence-electron chi connectivity index (χ3n) is 6.07. The van der Waals surface area contributed by atoms with Gasteiger partial charge in [-0.1, -0.05) is 117 Å². The van der Waals surface area contributed by atoms with Crippen molar-refractivity contribution in [3.05, 3.63) is 0 Å². The van der Waals surface area contributed by atoms with Crippen LogP contribution >= 0.6 is 0 Å². The number of hydrogen-bond donors (Lipinski definition) is 0. The Hall–Kier alpha value is 0.537. The molecular formula is C32H64O4Sn2+4. The van der Waals surface area contributed by atoms with Crippen LogP contribution in [-0.4, -0.2) is 57.0 Å². The van der Waals surface area contributed by atoms with E-state index in [-0.39, 0.29) is 57.9 Å². The van der Waals surface area contributed by atoms with E-state index in [2.05, 4.69) is 41.5 Å². The summed E-state index contributed by atoms with van der Waals surface area (Å²) in [6.07, 6.45) is 22.3.